The molecule has 0 saturated heterocycles. The molecule has 1 aromatic carbocycles. The van der Waals surface area contributed by atoms with Crippen molar-refractivity contribution >= 4 is 5.97 Å². The Balaban J connectivity index is 2.90. The van der Waals surface area contributed by atoms with Crippen LogP contribution < -0.4 is 4.74 Å². The van der Waals surface area contributed by atoms with Crippen molar-refractivity contribution in [2.24, 2.45) is 0 Å². The van der Waals surface area contributed by atoms with E-state index in [2.05, 4.69) is 4.74 Å². The van der Waals surface area contributed by atoms with Crippen molar-refractivity contribution < 1.29 is 34.7 Å². The fourth-order valence-corrected chi connectivity index (χ4v) is 1.30. The first-order valence-electron chi connectivity index (χ1n) is 5.01. The zero-order valence-corrected chi connectivity index (χ0v) is 9.61. The summed E-state index contributed by atoms with van der Waals surface area (Å²) in [4.78, 5) is 10.9. The molecule has 0 heterocycles. The van der Waals surface area contributed by atoms with E-state index >= 15 is 0 Å². The molecule has 0 amide bonds. The number of hydrogen-bond donors (Lipinski definition) is 4. The van der Waals surface area contributed by atoms with Crippen molar-refractivity contribution in [1.29, 1.82) is 0 Å². The second-order valence-corrected chi connectivity index (χ2v) is 3.40. The van der Waals surface area contributed by atoms with Gasteiger partial charge in [-0.3, -0.25) is 0 Å². The first-order chi connectivity index (χ1) is 8.45. The van der Waals surface area contributed by atoms with Crippen LogP contribution in [-0.2, 0) is 9.53 Å². The molecule has 100 valence electrons. The maximum atomic E-state index is 10.9. The zero-order valence-electron chi connectivity index (χ0n) is 9.61. The number of hydrogen-bond acceptors (Lipinski definition) is 7. The monoisotopic (exact) mass is 258 g/mol. The third-order valence-electron chi connectivity index (χ3n) is 2.20. The number of carbonyl (C=O) groups excluding carboxylic acids is 1. The Morgan fingerprint density at radius 2 is 1.78 bits per heavy atom. The standard InChI is InChI=1S/C11H14O7/c1-17-9(12)5-18-6-2-3-7(10(13)14)8(4-6)11(15)16/h2-4,10-11,13-16H,5H2,1H3. The van der Waals surface area contributed by atoms with Gasteiger partial charge in [-0.2, -0.15) is 0 Å². The van der Waals surface area contributed by atoms with Gasteiger partial charge in [0.05, 0.1) is 7.11 Å². The molecule has 0 fully saturated rings. The molecule has 0 saturated carbocycles. The van der Waals surface area contributed by atoms with Gasteiger partial charge in [0.25, 0.3) is 0 Å². The average Bonchev–Trinajstić information content (AvgIpc) is 2.35. The fourth-order valence-electron chi connectivity index (χ4n) is 1.30. The van der Waals surface area contributed by atoms with Gasteiger partial charge < -0.3 is 29.9 Å². The number of rotatable bonds is 5. The lowest BCUT2D eigenvalue weighted by atomic mass is 10.1. The van der Waals surface area contributed by atoms with Crippen molar-refractivity contribution in [1.82, 2.24) is 0 Å². The predicted molar refractivity (Wildman–Crippen MR) is 58.3 cm³/mol. The second kappa shape index (κ2) is 6.31. The molecule has 0 unspecified atom stereocenters. The minimum absolute atomic E-state index is 0.0598. The van der Waals surface area contributed by atoms with Gasteiger partial charge in [-0.15, -0.1) is 0 Å². The summed E-state index contributed by atoms with van der Waals surface area (Å²) < 4.78 is 9.39. The lowest BCUT2D eigenvalue weighted by molar-refractivity contribution is -0.142. The van der Waals surface area contributed by atoms with Gasteiger partial charge in [0.2, 0.25) is 0 Å². The predicted octanol–water partition coefficient (Wildman–Crippen LogP) is -0.795. The van der Waals surface area contributed by atoms with Crippen LogP contribution in [0.1, 0.15) is 23.7 Å². The average molecular weight is 258 g/mol. The molecular weight excluding hydrogens is 244 g/mol. The van der Waals surface area contributed by atoms with Crippen molar-refractivity contribution in [3.8, 4) is 5.75 Å². The number of aliphatic hydroxyl groups excluding tert-OH is 2. The summed E-state index contributed by atoms with van der Waals surface area (Å²) >= 11 is 0. The molecule has 1 rings (SSSR count). The fraction of sp³-hybridized carbons (Fsp3) is 0.364. The molecule has 7 heteroatoms. The summed E-state index contributed by atoms with van der Waals surface area (Å²) in [5.74, 6) is -0.416. The Labute approximate surface area is 103 Å². The van der Waals surface area contributed by atoms with Crippen LogP contribution in [0.4, 0.5) is 0 Å². The molecule has 18 heavy (non-hydrogen) atoms. The Morgan fingerprint density at radius 1 is 1.17 bits per heavy atom. The topological polar surface area (TPSA) is 116 Å². The van der Waals surface area contributed by atoms with Crippen LogP contribution in [0.2, 0.25) is 0 Å². The number of methoxy groups -OCH3 is 1. The van der Waals surface area contributed by atoms with Crippen LogP contribution in [0.5, 0.6) is 5.75 Å². The van der Waals surface area contributed by atoms with Crippen molar-refractivity contribution in [2.75, 3.05) is 13.7 Å². The molecule has 0 aliphatic carbocycles. The normalized spacial score (nSPS) is 10.8. The first kappa shape index (κ1) is 14.4. The summed E-state index contributed by atoms with van der Waals surface area (Å²) in [6, 6.07) is 3.82. The highest BCUT2D eigenvalue weighted by atomic mass is 16.6. The van der Waals surface area contributed by atoms with Crippen LogP contribution in [0.3, 0.4) is 0 Å². The van der Waals surface area contributed by atoms with E-state index in [1.165, 1.54) is 25.3 Å². The van der Waals surface area contributed by atoms with Crippen LogP contribution in [0, 0.1) is 0 Å². The van der Waals surface area contributed by atoms with E-state index in [0.717, 1.165) is 0 Å². The molecule has 0 bridgehead atoms. The molecule has 7 nitrogen and oxygen atoms in total. The van der Waals surface area contributed by atoms with E-state index in [1.54, 1.807) is 0 Å². The highest BCUT2D eigenvalue weighted by Gasteiger charge is 2.16. The van der Waals surface area contributed by atoms with Crippen molar-refractivity contribution in [3.05, 3.63) is 29.3 Å². The lowest BCUT2D eigenvalue weighted by Gasteiger charge is -2.14. The summed E-state index contributed by atoms with van der Waals surface area (Å²) in [7, 11) is 1.21. The van der Waals surface area contributed by atoms with Crippen molar-refractivity contribution in [3.63, 3.8) is 0 Å². The number of aliphatic hydroxyl groups is 4. The minimum atomic E-state index is -1.89. The van der Waals surface area contributed by atoms with Gasteiger partial charge in [0, 0.05) is 11.1 Å². The number of esters is 1. The number of benzene rings is 1. The molecule has 0 radical (unpaired) electrons. The summed E-state index contributed by atoms with van der Waals surface area (Å²) in [6.07, 6.45) is -3.72. The van der Waals surface area contributed by atoms with Crippen LogP contribution in [0.15, 0.2) is 18.2 Å². The molecule has 0 aliphatic rings. The van der Waals surface area contributed by atoms with E-state index in [1.807, 2.05) is 0 Å². The molecule has 4 N–H and O–H groups in total. The Bertz CT molecular complexity index is 414. The Kier molecular flexibility index (Phi) is 5.05. The van der Waals surface area contributed by atoms with Gasteiger partial charge in [-0.25, -0.2) is 4.79 Å². The zero-order chi connectivity index (χ0) is 13.7. The lowest BCUT2D eigenvalue weighted by Crippen LogP contribution is -2.13. The highest BCUT2D eigenvalue weighted by molar-refractivity contribution is 5.70. The van der Waals surface area contributed by atoms with Gasteiger partial charge in [0.15, 0.2) is 19.2 Å². The maximum absolute atomic E-state index is 10.9. The quantitative estimate of drug-likeness (QED) is 0.403. The van der Waals surface area contributed by atoms with Gasteiger partial charge in [0.1, 0.15) is 5.75 Å². The number of ether oxygens (including phenoxy) is 2. The largest absolute Gasteiger partial charge is 0.482 e. The minimum Gasteiger partial charge on any atom is -0.482 e. The SMILES string of the molecule is COC(=O)COc1ccc(C(O)O)c(C(O)O)c1. The van der Waals surface area contributed by atoms with Gasteiger partial charge >= 0.3 is 5.97 Å². The highest BCUT2D eigenvalue weighted by Crippen LogP contribution is 2.26. The van der Waals surface area contributed by atoms with E-state index in [-0.39, 0.29) is 23.5 Å². The third-order valence-corrected chi connectivity index (χ3v) is 2.20. The van der Waals surface area contributed by atoms with E-state index in [9.17, 15) is 4.79 Å². The summed E-state index contributed by atoms with van der Waals surface area (Å²) in [5, 5.41) is 36.2. The van der Waals surface area contributed by atoms with Gasteiger partial charge in [-0.1, -0.05) is 0 Å². The molecule has 1 aromatic rings. The molecule has 0 atom stereocenters. The molecular formula is C11H14O7. The molecule has 0 aromatic heterocycles. The third kappa shape index (κ3) is 3.67. The van der Waals surface area contributed by atoms with E-state index in [0.29, 0.717) is 0 Å². The van der Waals surface area contributed by atoms with Crippen molar-refractivity contribution in [2.45, 2.75) is 12.6 Å². The van der Waals surface area contributed by atoms with Crippen LogP contribution in [0.25, 0.3) is 0 Å². The number of carbonyl (C=O) groups is 1. The van der Waals surface area contributed by atoms with Crippen LogP contribution in [-0.4, -0.2) is 40.1 Å². The smallest absolute Gasteiger partial charge is 0.343 e. The van der Waals surface area contributed by atoms with E-state index in [4.69, 9.17) is 25.2 Å². The van der Waals surface area contributed by atoms with Gasteiger partial charge in [-0.05, 0) is 18.2 Å². The van der Waals surface area contributed by atoms with E-state index < -0.39 is 18.5 Å². The van der Waals surface area contributed by atoms with Crippen LogP contribution >= 0.6 is 0 Å². The Morgan fingerprint density at radius 3 is 2.28 bits per heavy atom. The summed E-state index contributed by atoms with van der Waals surface area (Å²) in [5.41, 5.74) is -0.178. The summed E-state index contributed by atoms with van der Waals surface area (Å²) in [6.45, 7) is -0.335. The molecule has 0 spiro atoms. The maximum Gasteiger partial charge on any atom is 0.343 e. The molecule has 0 aliphatic heterocycles. The first-order valence-corrected chi connectivity index (χ1v) is 5.01. The Hall–Kier alpha value is -1.67. The second-order valence-electron chi connectivity index (χ2n) is 3.40.